The minimum Gasteiger partial charge on any atom is -0.368 e. The van der Waals surface area contributed by atoms with Crippen molar-refractivity contribution in [3.8, 4) is 0 Å². The van der Waals surface area contributed by atoms with E-state index in [2.05, 4.69) is 15.3 Å². The number of thioether (sulfide) groups is 1. The lowest BCUT2D eigenvalue weighted by atomic mass is 10.3. The first-order valence-corrected chi connectivity index (χ1v) is 6.20. The van der Waals surface area contributed by atoms with Gasteiger partial charge < -0.3 is 10.1 Å². The van der Waals surface area contributed by atoms with Crippen LogP contribution in [0.3, 0.4) is 0 Å². The number of ether oxygens (including phenoxy) is 1. The van der Waals surface area contributed by atoms with Crippen molar-refractivity contribution in [3.63, 3.8) is 0 Å². The Labute approximate surface area is 93.8 Å². The molecule has 1 fully saturated rings. The highest BCUT2D eigenvalue weighted by molar-refractivity contribution is 7.99. The molecule has 2 heterocycles. The molecule has 15 heavy (non-hydrogen) atoms. The second-order valence-electron chi connectivity index (χ2n) is 3.41. The average molecular weight is 225 g/mol. The molecule has 0 bridgehead atoms. The van der Waals surface area contributed by atoms with Gasteiger partial charge in [0, 0.05) is 36.0 Å². The fourth-order valence-electron chi connectivity index (χ4n) is 1.46. The first-order chi connectivity index (χ1) is 7.40. The number of nitrogens with zero attached hydrogens (tertiary/aromatic N) is 2. The molecule has 4 nitrogen and oxygen atoms in total. The van der Waals surface area contributed by atoms with E-state index in [9.17, 15) is 0 Å². The summed E-state index contributed by atoms with van der Waals surface area (Å²) < 4.78 is 5.60. The summed E-state index contributed by atoms with van der Waals surface area (Å²) in [6.45, 7) is 1.61. The fraction of sp³-hybridized carbons (Fsp3) is 0.600. The van der Waals surface area contributed by atoms with Gasteiger partial charge in [-0.3, -0.25) is 0 Å². The fourth-order valence-corrected chi connectivity index (χ4v) is 2.30. The Bertz CT molecular complexity index is 298. The molecule has 1 atom stereocenters. The van der Waals surface area contributed by atoms with Gasteiger partial charge in [-0.1, -0.05) is 0 Å². The smallest absolute Gasteiger partial charge is 0.157 e. The molecule has 1 aromatic rings. The molecular formula is C10H15N3OS. The first kappa shape index (κ1) is 10.9. The van der Waals surface area contributed by atoms with Gasteiger partial charge in [0.25, 0.3) is 0 Å². The van der Waals surface area contributed by atoms with E-state index in [0.717, 1.165) is 36.0 Å². The molecule has 1 aliphatic heterocycles. The van der Waals surface area contributed by atoms with Gasteiger partial charge in [-0.05, 0) is 7.05 Å². The SMILES string of the molecule is CNCc1cnc(C2CSCCO2)nc1. The predicted octanol–water partition coefficient (Wildman–Crippen LogP) is 1.00. The van der Waals surface area contributed by atoms with E-state index in [4.69, 9.17) is 4.74 Å². The summed E-state index contributed by atoms with van der Waals surface area (Å²) in [5.41, 5.74) is 1.10. The quantitative estimate of drug-likeness (QED) is 0.831. The van der Waals surface area contributed by atoms with Gasteiger partial charge in [-0.2, -0.15) is 11.8 Å². The van der Waals surface area contributed by atoms with Crippen molar-refractivity contribution < 1.29 is 4.74 Å². The van der Waals surface area contributed by atoms with Crippen LogP contribution < -0.4 is 5.32 Å². The van der Waals surface area contributed by atoms with E-state index in [1.165, 1.54) is 0 Å². The number of hydrogen-bond donors (Lipinski definition) is 1. The first-order valence-electron chi connectivity index (χ1n) is 5.05. The molecule has 1 aromatic heterocycles. The molecule has 0 amide bonds. The van der Waals surface area contributed by atoms with Gasteiger partial charge in [0.1, 0.15) is 6.10 Å². The molecule has 0 saturated carbocycles. The van der Waals surface area contributed by atoms with Crippen molar-refractivity contribution >= 4 is 11.8 Å². The Morgan fingerprint density at radius 3 is 2.93 bits per heavy atom. The van der Waals surface area contributed by atoms with Crippen molar-refractivity contribution in [1.82, 2.24) is 15.3 Å². The van der Waals surface area contributed by atoms with Gasteiger partial charge in [0.15, 0.2) is 5.82 Å². The van der Waals surface area contributed by atoms with E-state index in [1.54, 1.807) is 0 Å². The number of rotatable bonds is 3. The van der Waals surface area contributed by atoms with Gasteiger partial charge in [0.2, 0.25) is 0 Å². The van der Waals surface area contributed by atoms with Gasteiger partial charge in [-0.15, -0.1) is 0 Å². The molecule has 0 aromatic carbocycles. The van der Waals surface area contributed by atoms with Crippen molar-refractivity contribution in [2.75, 3.05) is 25.2 Å². The van der Waals surface area contributed by atoms with E-state index < -0.39 is 0 Å². The monoisotopic (exact) mass is 225 g/mol. The Morgan fingerprint density at radius 2 is 2.33 bits per heavy atom. The van der Waals surface area contributed by atoms with Crippen molar-refractivity contribution in [1.29, 1.82) is 0 Å². The summed E-state index contributed by atoms with van der Waals surface area (Å²) in [6, 6.07) is 0. The summed E-state index contributed by atoms with van der Waals surface area (Å²) in [5.74, 6) is 2.85. The number of hydrogen-bond acceptors (Lipinski definition) is 5. The third-order valence-electron chi connectivity index (χ3n) is 2.21. The maximum Gasteiger partial charge on any atom is 0.157 e. The average Bonchev–Trinajstić information content (AvgIpc) is 2.32. The van der Waals surface area contributed by atoms with E-state index >= 15 is 0 Å². The zero-order valence-electron chi connectivity index (χ0n) is 8.77. The molecule has 1 N–H and O–H groups in total. The van der Waals surface area contributed by atoms with Crippen LogP contribution in [-0.4, -0.2) is 35.1 Å². The highest BCUT2D eigenvalue weighted by Crippen LogP contribution is 2.23. The molecule has 2 rings (SSSR count). The van der Waals surface area contributed by atoms with E-state index in [1.807, 2.05) is 31.2 Å². The van der Waals surface area contributed by atoms with Crippen molar-refractivity contribution in [3.05, 3.63) is 23.8 Å². The normalized spacial score (nSPS) is 21.5. The van der Waals surface area contributed by atoms with Crippen LogP contribution in [0.4, 0.5) is 0 Å². The predicted molar refractivity (Wildman–Crippen MR) is 60.8 cm³/mol. The van der Waals surface area contributed by atoms with E-state index in [-0.39, 0.29) is 6.10 Å². The van der Waals surface area contributed by atoms with Crippen LogP contribution in [-0.2, 0) is 11.3 Å². The van der Waals surface area contributed by atoms with Crippen molar-refractivity contribution in [2.45, 2.75) is 12.6 Å². The number of aromatic nitrogens is 2. The molecule has 1 unspecified atom stereocenters. The third kappa shape index (κ3) is 2.90. The van der Waals surface area contributed by atoms with Crippen LogP contribution >= 0.6 is 11.8 Å². The minimum absolute atomic E-state index is 0.0763. The van der Waals surface area contributed by atoms with Gasteiger partial charge >= 0.3 is 0 Å². The lowest BCUT2D eigenvalue weighted by Gasteiger charge is -2.20. The van der Waals surface area contributed by atoms with Crippen LogP contribution in [0, 0.1) is 0 Å². The second kappa shape index (κ2) is 5.44. The molecule has 1 saturated heterocycles. The third-order valence-corrected chi connectivity index (χ3v) is 3.20. The van der Waals surface area contributed by atoms with Crippen LogP contribution in [0.2, 0.25) is 0 Å². The standard InChI is InChI=1S/C10H15N3OS/c1-11-4-8-5-12-10(13-6-8)9-7-15-3-2-14-9/h5-6,9,11H,2-4,7H2,1H3. The lowest BCUT2D eigenvalue weighted by molar-refractivity contribution is 0.0694. The Balaban J connectivity index is 2.02. The Kier molecular flexibility index (Phi) is 3.94. The summed E-state index contributed by atoms with van der Waals surface area (Å²) in [4.78, 5) is 8.66. The molecule has 82 valence electrons. The lowest BCUT2D eigenvalue weighted by Crippen LogP contribution is -2.18. The van der Waals surface area contributed by atoms with Crippen LogP contribution in [0.15, 0.2) is 12.4 Å². The van der Waals surface area contributed by atoms with Crippen molar-refractivity contribution in [2.24, 2.45) is 0 Å². The maximum absolute atomic E-state index is 5.60. The summed E-state index contributed by atoms with van der Waals surface area (Å²) in [7, 11) is 1.91. The zero-order chi connectivity index (χ0) is 10.5. The molecule has 0 aliphatic carbocycles. The maximum atomic E-state index is 5.60. The topological polar surface area (TPSA) is 47.0 Å². The summed E-state index contributed by atoms with van der Waals surface area (Å²) >= 11 is 1.89. The highest BCUT2D eigenvalue weighted by atomic mass is 32.2. The molecule has 0 radical (unpaired) electrons. The largest absolute Gasteiger partial charge is 0.368 e. The van der Waals surface area contributed by atoms with Gasteiger partial charge in [-0.25, -0.2) is 9.97 Å². The Hall–Kier alpha value is -0.650. The number of nitrogens with one attached hydrogen (secondary N) is 1. The van der Waals surface area contributed by atoms with E-state index in [0.29, 0.717) is 0 Å². The van der Waals surface area contributed by atoms with Crippen LogP contribution in [0.25, 0.3) is 0 Å². The summed E-state index contributed by atoms with van der Waals surface area (Å²) in [6.07, 6.45) is 3.80. The highest BCUT2D eigenvalue weighted by Gasteiger charge is 2.18. The van der Waals surface area contributed by atoms with Crippen LogP contribution in [0.5, 0.6) is 0 Å². The summed E-state index contributed by atoms with van der Waals surface area (Å²) in [5, 5.41) is 3.07. The molecule has 0 spiro atoms. The minimum atomic E-state index is 0.0763. The Morgan fingerprint density at radius 1 is 1.53 bits per heavy atom. The molecular weight excluding hydrogens is 210 g/mol. The zero-order valence-corrected chi connectivity index (χ0v) is 9.59. The van der Waals surface area contributed by atoms with Gasteiger partial charge in [0.05, 0.1) is 6.61 Å². The molecule has 1 aliphatic rings. The van der Waals surface area contributed by atoms with Crippen LogP contribution in [0.1, 0.15) is 17.5 Å². The second-order valence-corrected chi connectivity index (χ2v) is 4.56. The molecule has 5 heteroatoms.